The van der Waals surface area contributed by atoms with Gasteiger partial charge < -0.3 is 5.32 Å². The SMILES string of the molecule is CCC(NCc1cc(F)ccc1C)c1ccc(C)cc1. The molecule has 2 heteroatoms. The molecular weight excluding hydrogens is 249 g/mol. The predicted octanol–water partition coefficient (Wildman–Crippen LogP) is 4.68. The summed E-state index contributed by atoms with van der Waals surface area (Å²) < 4.78 is 13.3. The molecule has 0 aliphatic carbocycles. The second-order valence-electron chi connectivity index (χ2n) is 5.32. The molecule has 106 valence electrons. The van der Waals surface area contributed by atoms with Gasteiger partial charge in [0, 0.05) is 12.6 Å². The Morgan fingerprint density at radius 2 is 1.75 bits per heavy atom. The normalized spacial score (nSPS) is 12.4. The van der Waals surface area contributed by atoms with E-state index in [0.29, 0.717) is 12.6 Å². The van der Waals surface area contributed by atoms with Crippen LogP contribution in [-0.4, -0.2) is 0 Å². The van der Waals surface area contributed by atoms with Crippen LogP contribution < -0.4 is 5.32 Å². The van der Waals surface area contributed by atoms with Crippen molar-refractivity contribution >= 4 is 0 Å². The molecule has 2 aromatic rings. The minimum absolute atomic E-state index is 0.171. The number of halogens is 1. The van der Waals surface area contributed by atoms with E-state index >= 15 is 0 Å². The van der Waals surface area contributed by atoms with Crippen LogP contribution in [0.1, 0.15) is 41.6 Å². The first-order valence-corrected chi connectivity index (χ1v) is 7.15. The van der Waals surface area contributed by atoms with Crippen molar-refractivity contribution in [2.45, 2.75) is 39.8 Å². The van der Waals surface area contributed by atoms with Crippen LogP contribution >= 0.6 is 0 Å². The summed E-state index contributed by atoms with van der Waals surface area (Å²) in [5, 5.41) is 3.52. The van der Waals surface area contributed by atoms with Crippen molar-refractivity contribution < 1.29 is 4.39 Å². The molecule has 0 amide bonds. The highest BCUT2D eigenvalue weighted by atomic mass is 19.1. The van der Waals surface area contributed by atoms with Crippen LogP contribution in [-0.2, 0) is 6.54 Å². The summed E-state index contributed by atoms with van der Waals surface area (Å²) in [4.78, 5) is 0. The van der Waals surface area contributed by atoms with E-state index in [2.05, 4.69) is 43.4 Å². The van der Waals surface area contributed by atoms with Crippen molar-refractivity contribution in [1.29, 1.82) is 0 Å². The first-order valence-electron chi connectivity index (χ1n) is 7.15. The Morgan fingerprint density at radius 1 is 1.05 bits per heavy atom. The van der Waals surface area contributed by atoms with Gasteiger partial charge >= 0.3 is 0 Å². The lowest BCUT2D eigenvalue weighted by molar-refractivity contribution is 0.516. The Hall–Kier alpha value is -1.67. The van der Waals surface area contributed by atoms with Gasteiger partial charge in [0.25, 0.3) is 0 Å². The van der Waals surface area contributed by atoms with Gasteiger partial charge in [-0.3, -0.25) is 0 Å². The van der Waals surface area contributed by atoms with Crippen LogP contribution in [0.15, 0.2) is 42.5 Å². The molecular formula is C18H22FN. The molecule has 20 heavy (non-hydrogen) atoms. The average molecular weight is 271 g/mol. The van der Waals surface area contributed by atoms with E-state index in [1.54, 1.807) is 6.07 Å². The number of aryl methyl sites for hydroxylation is 2. The predicted molar refractivity (Wildman–Crippen MR) is 82.2 cm³/mol. The lowest BCUT2D eigenvalue weighted by Gasteiger charge is -2.18. The maximum Gasteiger partial charge on any atom is 0.123 e. The zero-order chi connectivity index (χ0) is 14.5. The monoisotopic (exact) mass is 271 g/mol. The van der Waals surface area contributed by atoms with Gasteiger partial charge in [-0.1, -0.05) is 42.8 Å². The van der Waals surface area contributed by atoms with E-state index in [0.717, 1.165) is 17.5 Å². The van der Waals surface area contributed by atoms with E-state index in [-0.39, 0.29) is 5.82 Å². The summed E-state index contributed by atoms with van der Waals surface area (Å²) >= 11 is 0. The third-order valence-electron chi connectivity index (χ3n) is 3.74. The number of rotatable bonds is 5. The fourth-order valence-electron chi connectivity index (χ4n) is 2.36. The molecule has 1 unspecified atom stereocenters. The summed E-state index contributed by atoms with van der Waals surface area (Å²) in [6.45, 7) is 6.96. The molecule has 2 aromatic carbocycles. The summed E-state index contributed by atoms with van der Waals surface area (Å²) in [5.41, 5.74) is 4.70. The molecule has 0 bridgehead atoms. The molecule has 0 spiro atoms. The van der Waals surface area contributed by atoms with Crippen LogP contribution in [0.2, 0.25) is 0 Å². The summed E-state index contributed by atoms with van der Waals surface area (Å²) in [5.74, 6) is -0.171. The first kappa shape index (κ1) is 14.7. The maximum absolute atomic E-state index is 13.3. The maximum atomic E-state index is 13.3. The lowest BCUT2D eigenvalue weighted by atomic mass is 10.0. The van der Waals surface area contributed by atoms with Crippen molar-refractivity contribution in [3.05, 3.63) is 70.5 Å². The highest BCUT2D eigenvalue weighted by Crippen LogP contribution is 2.19. The molecule has 0 aromatic heterocycles. The highest BCUT2D eigenvalue weighted by molar-refractivity contribution is 5.27. The molecule has 1 atom stereocenters. The van der Waals surface area contributed by atoms with E-state index in [4.69, 9.17) is 0 Å². The van der Waals surface area contributed by atoms with Gasteiger partial charge in [-0.15, -0.1) is 0 Å². The van der Waals surface area contributed by atoms with Crippen molar-refractivity contribution in [2.24, 2.45) is 0 Å². The second-order valence-corrected chi connectivity index (χ2v) is 5.32. The van der Waals surface area contributed by atoms with Gasteiger partial charge in [0.2, 0.25) is 0 Å². The summed E-state index contributed by atoms with van der Waals surface area (Å²) in [6.07, 6.45) is 1.01. The van der Waals surface area contributed by atoms with E-state index in [9.17, 15) is 4.39 Å². The zero-order valence-corrected chi connectivity index (χ0v) is 12.4. The van der Waals surface area contributed by atoms with Crippen LogP contribution in [0.5, 0.6) is 0 Å². The Morgan fingerprint density at radius 3 is 2.40 bits per heavy atom. The number of hydrogen-bond acceptors (Lipinski definition) is 1. The van der Waals surface area contributed by atoms with Gasteiger partial charge in [-0.05, 0) is 49.1 Å². The Bertz CT molecular complexity index is 560. The van der Waals surface area contributed by atoms with Crippen molar-refractivity contribution in [2.75, 3.05) is 0 Å². The van der Waals surface area contributed by atoms with Crippen molar-refractivity contribution in [3.63, 3.8) is 0 Å². The third-order valence-corrected chi connectivity index (χ3v) is 3.74. The van der Waals surface area contributed by atoms with Gasteiger partial charge in [-0.2, -0.15) is 0 Å². The Balaban J connectivity index is 2.07. The minimum Gasteiger partial charge on any atom is -0.306 e. The molecule has 0 heterocycles. The minimum atomic E-state index is -0.171. The van der Waals surface area contributed by atoms with Crippen LogP contribution in [0.3, 0.4) is 0 Å². The molecule has 0 radical (unpaired) electrons. The Kier molecular flexibility index (Phi) is 4.91. The first-order chi connectivity index (χ1) is 9.60. The lowest BCUT2D eigenvalue weighted by Crippen LogP contribution is -2.20. The van der Waals surface area contributed by atoms with Crippen molar-refractivity contribution in [3.8, 4) is 0 Å². The van der Waals surface area contributed by atoms with Gasteiger partial charge in [0.05, 0.1) is 0 Å². The molecule has 1 N–H and O–H groups in total. The highest BCUT2D eigenvalue weighted by Gasteiger charge is 2.09. The van der Waals surface area contributed by atoms with Crippen molar-refractivity contribution in [1.82, 2.24) is 5.32 Å². The average Bonchev–Trinajstić information content (AvgIpc) is 2.45. The Labute approximate surface area is 120 Å². The standard InChI is InChI=1S/C18H22FN/c1-4-18(15-8-5-13(2)6-9-15)20-12-16-11-17(19)10-7-14(16)3/h5-11,18,20H,4,12H2,1-3H3. The smallest absolute Gasteiger partial charge is 0.123 e. The second kappa shape index (κ2) is 6.67. The molecule has 2 rings (SSSR count). The third kappa shape index (κ3) is 3.67. The van der Waals surface area contributed by atoms with Crippen LogP contribution in [0.25, 0.3) is 0 Å². The molecule has 1 nitrogen and oxygen atoms in total. The number of nitrogens with one attached hydrogen (secondary N) is 1. The fraction of sp³-hybridized carbons (Fsp3) is 0.333. The topological polar surface area (TPSA) is 12.0 Å². The molecule has 0 aliphatic heterocycles. The molecule has 0 fully saturated rings. The van der Waals surface area contributed by atoms with Crippen LogP contribution in [0.4, 0.5) is 4.39 Å². The van der Waals surface area contributed by atoms with E-state index in [1.165, 1.54) is 17.2 Å². The van der Waals surface area contributed by atoms with E-state index in [1.807, 2.05) is 13.0 Å². The molecule has 0 aliphatic rings. The summed E-state index contributed by atoms with van der Waals surface area (Å²) in [6, 6.07) is 13.8. The number of benzene rings is 2. The van der Waals surface area contributed by atoms with Gasteiger partial charge in [-0.25, -0.2) is 4.39 Å². The largest absolute Gasteiger partial charge is 0.306 e. The molecule has 0 saturated carbocycles. The fourth-order valence-corrected chi connectivity index (χ4v) is 2.36. The summed E-state index contributed by atoms with van der Waals surface area (Å²) in [7, 11) is 0. The zero-order valence-electron chi connectivity index (χ0n) is 12.4. The molecule has 0 saturated heterocycles. The quantitative estimate of drug-likeness (QED) is 0.832. The van der Waals surface area contributed by atoms with Gasteiger partial charge in [0.1, 0.15) is 5.82 Å². The van der Waals surface area contributed by atoms with Gasteiger partial charge in [0.15, 0.2) is 0 Å². The van der Waals surface area contributed by atoms with Crippen LogP contribution in [0, 0.1) is 19.7 Å². The van der Waals surface area contributed by atoms with E-state index < -0.39 is 0 Å². The number of hydrogen-bond donors (Lipinski definition) is 1.